The lowest BCUT2D eigenvalue weighted by Gasteiger charge is -2.32. The number of rotatable bonds is 4. The van der Waals surface area contributed by atoms with E-state index in [1.54, 1.807) is 14.2 Å². The summed E-state index contributed by atoms with van der Waals surface area (Å²) < 4.78 is 10.7. The molecule has 0 spiro atoms. The number of hydrogen-bond acceptors (Lipinski definition) is 7. The third-order valence-electron chi connectivity index (χ3n) is 2.89. The van der Waals surface area contributed by atoms with E-state index in [0.717, 1.165) is 19.5 Å². The van der Waals surface area contributed by atoms with Gasteiger partial charge in [-0.3, -0.25) is 0 Å². The zero-order chi connectivity index (χ0) is 13.0. The molecule has 0 bridgehead atoms. The SMILES string of the molecule is CCC1CN(c2nc(NC)nc(OC)n2)CCO1. The van der Waals surface area contributed by atoms with Gasteiger partial charge in [-0.25, -0.2) is 0 Å². The molecule has 7 heteroatoms. The van der Waals surface area contributed by atoms with Crippen LogP contribution in [0.4, 0.5) is 11.9 Å². The van der Waals surface area contributed by atoms with Crippen LogP contribution in [-0.2, 0) is 4.74 Å². The van der Waals surface area contributed by atoms with Crippen molar-refractivity contribution in [2.24, 2.45) is 0 Å². The summed E-state index contributed by atoms with van der Waals surface area (Å²) >= 11 is 0. The van der Waals surface area contributed by atoms with Crippen molar-refractivity contribution in [2.75, 3.05) is 44.1 Å². The third-order valence-corrected chi connectivity index (χ3v) is 2.89. The largest absolute Gasteiger partial charge is 0.467 e. The highest BCUT2D eigenvalue weighted by Crippen LogP contribution is 2.18. The van der Waals surface area contributed by atoms with Crippen LogP contribution in [0, 0.1) is 0 Å². The van der Waals surface area contributed by atoms with Crippen LogP contribution >= 0.6 is 0 Å². The summed E-state index contributed by atoms with van der Waals surface area (Å²) in [6.45, 7) is 4.39. The minimum atomic E-state index is 0.236. The van der Waals surface area contributed by atoms with Crippen molar-refractivity contribution in [2.45, 2.75) is 19.4 Å². The van der Waals surface area contributed by atoms with E-state index in [4.69, 9.17) is 9.47 Å². The van der Waals surface area contributed by atoms with Crippen LogP contribution in [0.3, 0.4) is 0 Å². The standard InChI is InChI=1S/C11H19N5O2/c1-4-8-7-16(5-6-18-8)10-13-9(12-2)14-11(15-10)17-3/h8H,4-7H2,1-3H3,(H,12,13,14,15). The highest BCUT2D eigenvalue weighted by molar-refractivity contribution is 5.38. The molecule has 18 heavy (non-hydrogen) atoms. The quantitative estimate of drug-likeness (QED) is 0.839. The predicted molar refractivity (Wildman–Crippen MR) is 68.2 cm³/mol. The maximum Gasteiger partial charge on any atom is 0.322 e. The number of aromatic nitrogens is 3. The van der Waals surface area contributed by atoms with Crippen molar-refractivity contribution in [3.05, 3.63) is 0 Å². The van der Waals surface area contributed by atoms with Gasteiger partial charge >= 0.3 is 6.01 Å². The first-order valence-corrected chi connectivity index (χ1v) is 6.11. The van der Waals surface area contributed by atoms with E-state index in [1.165, 1.54) is 0 Å². The maximum atomic E-state index is 5.63. The van der Waals surface area contributed by atoms with Gasteiger partial charge in [0.1, 0.15) is 0 Å². The molecule has 0 saturated carbocycles. The summed E-state index contributed by atoms with van der Waals surface area (Å²) in [7, 11) is 3.32. The Kier molecular flexibility index (Phi) is 4.14. The van der Waals surface area contributed by atoms with Gasteiger partial charge in [-0.15, -0.1) is 0 Å². The van der Waals surface area contributed by atoms with Crippen LogP contribution in [0.15, 0.2) is 0 Å². The summed E-state index contributed by atoms with van der Waals surface area (Å²) in [5.41, 5.74) is 0. The van der Waals surface area contributed by atoms with E-state index in [-0.39, 0.29) is 6.10 Å². The number of ether oxygens (including phenoxy) is 2. The molecule has 0 aliphatic carbocycles. The Balaban J connectivity index is 2.20. The highest BCUT2D eigenvalue weighted by Gasteiger charge is 2.22. The van der Waals surface area contributed by atoms with Crippen molar-refractivity contribution in [1.82, 2.24) is 15.0 Å². The van der Waals surface area contributed by atoms with Crippen molar-refractivity contribution in [3.63, 3.8) is 0 Å². The molecule has 1 atom stereocenters. The van der Waals surface area contributed by atoms with E-state index in [9.17, 15) is 0 Å². The number of morpholine rings is 1. The van der Waals surface area contributed by atoms with Crippen molar-refractivity contribution in [1.29, 1.82) is 0 Å². The molecule has 0 aromatic carbocycles. The number of hydrogen-bond donors (Lipinski definition) is 1. The molecule has 0 amide bonds. The fourth-order valence-electron chi connectivity index (χ4n) is 1.84. The van der Waals surface area contributed by atoms with Gasteiger partial charge in [0, 0.05) is 20.1 Å². The number of anilines is 2. The molecule has 1 saturated heterocycles. The summed E-state index contributed by atoms with van der Waals surface area (Å²) in [6, 6.07) is 0.323. The average molecular weight is 253 g/mol. The minimum Gasteiger partial charge on any atom is -0.467 e. The predicted octanol–water partition coefficient (Wildman–Crippen LogP) is 0.537. The Morgan fingerprint density at radius 1 is 1.44 bits per heavy atom. The zero-order valence-electron chi connectivity index (χ0n) is 11.0. The van der Waals surface area contributed by atoms with Gasteiger partial charge in [0.2, 0.25) is 11.9 Å². The Morgan fingerprint density at radius 3 is 2.94 bits per heavy atom. The summed E-state index contributed by atoms with van der Waals surface area (Å²) in [5, 5.41) is 2.91. The van der Waals surface area contributed by atoms with Crippen LogP contribution < -0.4 is 15.0 Å². The Morgan fingerprint density at radius 2 is 2.28 bits per heavy atom. The molecule has 1 aromatic heterocycles. The molecular formula is C11H19N5O2. The van der Waals surface area contributed by atoms with E-state index in [0.29, 0.717) is 24.5 Å². The van der Waals surface area contributed by atoms with Crippen LogP contribution in [0.5, 0.6) is 6.01 Å². The fourth-order valence-corrected chi connectivity index (χ4v) is 1.84. The summed E-state index contributed by atoms with van der Waals surface area (Å²) in [4.78, 5) is 14.8. The lowest BCUT2D eigenvalue weighted by molar-refractivity contribution is 0.0378. The topological polar surface area (TPSA) is 72.4 Å². The van der Waals surface area contributed by atoms with Crippen LogP contribution in [-0.4, -0.2) is 54.9 Å². The zero-order valence-corrected chi connectivity index (χ0v) is 11.0. The second-order valence-electron chi connectivity index (χ2n) is 4.04. The number of methoxy groups -OCH3 is 1. The average Bonchev–Trinajstić information content (AvgIpc) is 2.46. The Bertz CT molecular complexity index is 379. The van der Waals surface area contributed by atoms with Crippen molar-refractivity contribution in [3.8, 4) is 6.01 Å². The van der Waals surface area contributed by atoms with Crippen molar-refractivity contribution >= 4 is 11.9 Å². The molecule has 1 fully saturated rings. The number of nitrogens with one attached hydrogen (secondary N) is 1. The molecular weight excluding hydrogens is 234 g/mol. The molecule has 100 valence electrons. The van der Waals surface area contributed by atoms with E-state index >= 15 is 0 Å². The van der Waals surface area contributed by atoms with Gasteiger partial charge < -0.3 is 19.7 Å². The van der Waals surface area contributed by atoms with E-state index in [1.807, 2.05) is 0 Å². The third kappa shape index (κ3) is 2.79. The van der Waals surface area contributed by atoms with Gasteiger partial charge in [-0.05, 0) is 6.42 Å². The minimum absolute atomic E-state index is 0.236. The molecule has 1 aliphatic heterocycles. The lowest BCUT2D eigenvalue weighted by atomic mass is 10.2. The maximum absolute atomic E-state index is 5.63. The second kappa shape index (κ2) is 5.81. The van der Waals surface area contributed by atoms with Gasteiger partial charge in [0.15, 0.2) is 0 Å². The Labute approximate surface area is 107 Å². The normalized spacial score (nSPS) is 19.7. The molecule has 1 unspecified atom stereocenters. The van der Waals surface area contributed by atoms with E-state index in [2.05, 4.69) is 32.1 Å². The smallest absolute Gasteiger partial charge is 0.322 e. The van der Waals surface area contributed by atoms with Crippen LogP contribution in [0.1, 0.15) is 13.3 Å². The number of nitrogens with zero attached hydrogens (tertiary/aromatic N) is 4. The van der Waals surface area contributed by atoms with Gasteiger partial charge in [0.05, 0.1) is 19.8 Å². The monoisotopic (exact) mass is 253 g/mol. The van der Waals surface area contributed by atoms with Gasteiger partial charge in [-0.2, -0.15) is 15.0 Å². The Hall–Kier alpha value is -1.63. The molecule has 2 heterocycles. The molecule has 1 N–H and O–H groups in total. The van der Waals surface area contributed by atoms with E-state index < -0.39 is 0 Å². The highest BCUT2D eigenvalue weighted by atomic mass is 16.5. The second-order valence-corrected chi connectivity index (χ2v) is 4.04. The first-order chi connectivity index (χ1) is 8.76. The first-order valence-electron chi connectivity index (χ1n) is 6.11. The summed E-state index contributed by atoms with van der Waals surface area (Å²) in [6.07, 6.45) is 1.22. The fraction of sp³-hybridized carbons (Fsp3) is 0.727. The van der Waals surface area contributed by atoms with Gasteiger partial charge in [0.25, 0.3) is 0 Å². The molecule has 0 radical (unpaired) electrons. The first kappa shape index (κ1) is 12.8. The molecule has 1 aromatic rings. The lowest BCUT2D eigenvalue weighted by Crippen LogP contribution is -2.43. The molecule has 7 nitrogen and oxygen atoms in total. The molecule has 2 rings (SSSR count). The van der Waals surface area contributed by atoms with Crippen LogP contribution in [0.25, 0.3) is 0 Å². The van der Waals surface area contributed by atoms with Crippen LogP contribution in [0.2, 0.25) is 0 Å². The summed E-state index contributed by atoms with van der Waals surface area (Å²) in [5.74, 6) is 1.14. The molecule has 1 aliphatic rings. The van der Waals surface area contributed by atoms with Gasteiger partial charge in [-0.1, -0.05) is 6.92 Å². The van der Waals surface area contributed by atoms with Crippen molar-refractivity contribution < 1.29 is 9.47 Å².